The SMILES string of the molecule is CC(CCC(=O)O)NC(=O)CCc1cccc(OC2CCCC2)c1. The third-order valence-corrected chi connectivity index (χ3v) is 4.34. The predicted octanol–water partition coefficient (Wildman–Crippen LogP) is 3.31. The van der Waals surface area contributed by atoms with Crippen LogP contribution in [0.25, 0.3) is 0 Å². The second-order valence-electron chi connectivity index (χ2n) is 6.57. The number of carbonyl (C=O) groups excluding carboxylic acids is 1. The fraction of sp³-hybridized carbons (Fsp3) is 0.579. The normalized spacial score (nSPS) is 15.9. The van der Waals surface area contributed by atoms with E-state index in [1.807, 2.05) is 31.2 Å². The molecule has 1 unspecified atom stereocenters. The standard InChI is InChI=1S/C19H27NO4/c1-14(9-12-19(22)23)20-18(21)11-10-15-5-4-8-17(13-15)24-16-6-2-3-7-16/h4-5,8,13-14,16H,2-3,6-7,9-12H2,1H3,(H,20,21)(H,22,23). The summed E-state index contributed by atoms with van der Waals surface area (Å²) >= 11 is 0. The summed E-state index contributed by atoms with van der Waals surface area (Å²) in [6, 6.07) is 7.83. The van der Waals surface area contributed by atoms with Crippen LogP contribution in [-0.4, -0.2) is 29.1 Å². The molecule has 1 amide bonds. The van der Waals surface area contributed by atoms with E-state index in [9.17, 15) is 9.59 Å². The fourth-order valence-electron chi connectivity index (χ4n) is 2.99. The zero-order valence-electron chi connectivity index (χ0n) is 14.3. The molecule has 0 bridgehead atoms. The molecule has 1 atom stereocenters. The van der Waals surface area contributed by atoms with Gasteiger partial charge in [0.15, 0.2) is 0 Å². The van der Waals surface area contributed by atoms with Gasteiger partial charge in [-0.25, -0.2) is 0 Å². The number of carboxylic acid groups (broad SMARTS) is 1. The molecule has 2 rings (SSSR count). The summed E-state index contributed by atoms with van der Waals surface area (Å²) in [5.41, 5.74) is 1.08. The Morgan fingerprint density at radius 2 is 2.04 bits per heavy atom. The van der Waals surface area contributed by atoms with Crippen LogP contribution in [0.4, 0.5) is 0 Å². The lowest BCUT2D eigenvalue weighted by Crippen LogP contribution is -2.33. The highest BCUT2D eigenvalue weighted by atomic mass is 16.5. The van der Waals surface area contributed by atoms with Gasteiger partial charge < -0.3 is 15.2 Å². The largest absolute Gasteiger partial charge is 0.490 e. The lowest BCUT2D eigenvalue weighted by molar-refractivity contribution is -0.137. The van der Waals surface area contributed by atoms with Crippen molar-refractivity contribution >= 4 is 11.9 Å². The second-order valence-corrected chi connectivity index (χ2v) is 6.57. The monoisotopic (exact) mass is 333 g/mol. The van der Waals surface area contributed by atoms with Gasteiger partial charge in [0.1, 0.15) is 5.75 Å². The van der Waals surface area contributed by atoms with Gasteiger partial charge in [-0.15, -0.1) is 0 Å². The molecule has 1 saturated carbocycles. The van der Waals surface area contributed by atoms with E-state index in [1.54, 1.807) is 0 Å². The van der Waals surface area contributed by atoms with E-state index in [4.69, 9.17) is 9.84 Å². The number of carboxylic acids is 1. The summed E-state index contributed by atoms with van der Waals surface area (Å²) in [5, 5.41) is 11.5. The summed E-state index contributed by atoms with van der Waals surface area (Å²) in [6.45, 7) is 1.83. The molecule has 1 aliphatic carbocycles. The van der Waals surface area contributed by atoms with Gasteiger partial charge >= 0.3 is 5.97 Å². The predicted molar refractivity (Wildman–Crippen MR) is 92.1 cm³/mol. The first kappa shape index (κ1) is 18.3. The Balaban J connectivity index is 1.74. The molecule has 2 N–H and O–H groups in total. The van der Waals surface area contributed by atoms with Gasteiger partial charge in [-0.3, -0.25) is 9.59 Å². The zero-order valence-corrected chi connectivity index (χ0v) is 14.3. The Labute approximate surface area is 143 Å². The number of carbonyl (C=O) groups is 2. The van der Waals surface area contributed by atoms with Crippen molar-refractivity contribution in [2.45, 2.75) is 70.4 Å². The van der Waals surface area contributed by atoms with Crippen molar-refractivity contribution in [1.82, 2.24) is 5.32 Å². The molecular formula is C19H27NO4. The molecule has 1 fully saturated rings. The number of aliphatic carboxylic acids is 1. The zero-order chi connectivity index (χ0) is 17.4. The molecule has 0 aliphatic heterocycles. The maximum absolute atomic E-state index is 11.9. The average Bonchev–Trinajstić information content (AvgIpc) is 3.04. The molecule has 0 radical (unpaired) electrons. The van der Waals surface area contributed by atoms with E-state index in [0.29, 0.717) is 25.4 Å². The molecule has 0 aromatic heterocycles. The van der Waals surface area contributed by atoms with Crippen LogP contribution < -0.4 is 10.1 Å². The van der Waals surface area contributed by atoms with Crippen LogP contribution in [0.5, 0.6) is 5.75 Å². The van der Waals surface area contributed by atoms with E-state index in [-0.39, 0.29) is 18.4 Å². The van der Waals surface area contributed by atoms with Crippen LogP contribution in [0, 0.1) is 0 Å². The van der Waals surface area contributed by atoms with Gasteiger partial charge in [0.2, 0.25) is 5.91 Å². The number of aryl methyl sites for hydroxylation is 1. The van der Waals surface area contributed by atoms with Crippen LogP contribution in [0.15, 0.2) is 24.3 Å². The minimum absolute atomic E-state index is 0.0463. The second kappa shape index (κ2) is 9.30. The minimum atomic E-state index is -0.838. The van der Waals surface area contributed by atoms with Gasteiger partial charge in [-0.2, -0.15) is 0 Å². The van der Waals surface area contributed by atoms with Crippen molar-refractivity contribution in [2.24, 2.45) is 0 Å². The van der Waals surface area contributed by atoms with Crippen molar-refractivity contribution in [1.29, 1.82) is 0 Å². The first-order valence-electron chi connectivity index (χ1n) is 8.79. The highest BCUT2D eigenvalue weighted by Crippen LogP contribution is 2.24. The van der Waals surface area contributed by atoms with Gasteiger partial charge in [0, 0.05) is 18.9 Å². The molecule has 5 nitrogen and oxygen atoms in total. The topological polar surface area (TPSA) is 75.6 Å². The maximum atomic E-state index is 11.9. The number of amides is 1. The van der Waals surface area contributed by atoms with E-state index in [1.165, 1.54) is 12.8 Å². The van der Waals surface area contributed by atoms with Gasteiger partial charge in [0.25, 0.3) is 0 Å². The Kier molecular flexibility index (Phi) is 7.09. The number of benzene rings is 1. The third-order valence-electron chi connectivity index (χ3n) is 4.34. The maximum Gasteiger partial charge on any atom is 0.303 e. The first-order valence-corrected chi connectivity index (χ1v) is 8.79. The summed E-state index contributed by atoms with van der Waals surface area (Å²) in [5.74, 6) is -0.000172. The number of hydrogen-bond acceptors (Lipinski definition) is 3. The molecular weight excluding hydrogens is 306 g/mol. The number of rotatable bonds is 9. The highest BCUT2D eigenvalue weighted by Gasteiger charge is 2.16. The van der Waals surface area contributed by atoms with E-state index in [2.05, 4.69) is 5.32 Å². The lowest BCUT2D eigenvalue weighted by atomic mass is 10.1. The summed E-state index contributed by atoms with van der Waals surface area (Å²) in [4.78, 5) is 22.5. The molecule has 0 spiro atoms. The van der Waals surface area contributed by atoms with Crippen LogP contribution in [0.1, 0.15) is 57.4 Å². The average molecular weight is 333 g/mol. The van der Waals surface area contributed by atoms with E-state index < -0.39 is 5.97 Å². The van der Waals surface area contributed by atoms with Crippen LogP contribution in [-0.2, 0) is 16.0 Å². The Hall–Kier alpha value is -2.04. The Morgan fingerprint density at radius 3 is 2.75 bits per heavy atom. The summed E-state index contributed by atoms with van der Waals surface area (Å²) in [6.07, 6.45) is 6.63. The quantitative estimate of drug-likeness (QED) is 0.727. The lowest BCUT2D eigenvalue weighted by Gasteiger charge is -2.14. The molecule has 1 aliphatic rings. The summed E-state index contributed by atoms with van der Waals surface area (Å²) in [7, 11) is 0. The smallest absolute Gasteiger partial charge is 0.303 e. The Morgan fingerprint density at radius 1 is 1.29 bits per heavy atom. The van der Waals surface area contributed by atoms with Crippen molar-refractivity contribution in [2.75, 3.05) is 0 Å². The molecule has 0 saturated heterocycles. The van der Waals surface area contributed by atoms with Crippen molar-refractivity contribution < 1.29 is 19.4 Å². The molecule has 1 aromatic rings. The van der Waals surface area contributed by atoms with E-state index >= 15 is 0 Å². The van der Waals surface area contributed by atoms with Crippen molar-refractivity contribution in [3.63, 3.8) is 0 Å². The third kappa shape index (κ3) is 6.60. The van der Waals surface area contributed by atoms with Gasteiger partial charge in [0.05, 0.1) is 6.10 Å². The number of hydrogen-bond donors (Lipinski definition) is 2. The van der Waals surface area contributed by atoms with Crippen LogP contribution in [0.3, 0.4) is 0 Å². The molecule has 132 valence electrons. The molecule has 5 heteroatoms. The van der Waals surface area contributed by atoms with Crippen LogP contribution >= 0.6 is 0 Å². The fourth-order valence-corrected chi connectivity index (χ4v) is 2.99. The number of nitrogens with one attached hydrogen (secondary N) is 1. The minimum Gasteiger partial charge on any atom is -0.490 e. The number of ether oxygens (including phenoxy) is 1. The van der Waals surface area contributed by atoms with E-state index in [0.717, 1.165) is 24.2 Å². The summed E-state index contributed by atoms with van der Waals surface area (Å²) < 4.78 is 5.99. The molecule has 24 heavy (non-hydrogen) atoms. The first-order chi connectivity index (χ1) is 11.5. The molecule has 1 aromatic carbocycles. The highest BCUT2D eigenvalue weighted by molar-refractivity contribution is 5.76. The van der Waals surface area contributed by atoms with Crippen molar-refractivity contribution in [3.05, 3.63) is 29.8 Å². The molecule has 0 heterocycles. The van der Waals surface area contributed by atoms with Gasteiger partial charge in [-0.1, -0.05) is 12.1 Å². The van der Waals surface area contributed by atoms with Crippen LogP contribution in [0.2, 0.25) is 0 Å². The van der Waals surface area contributed by atoms with Crippen molar-refractivity contribution in [3.8, 4) is 5.75 Å². The van der Waals surface area contributed by atoms with Gasteiger partial charge in [-0.05, 0) is 63.1 Å². The Bertz CT molecular complexity index is 552.